The molecule has 2 aromatic heterocycles. The van der Waals surface area contributed by atoms with Gasteiger partial charge in [0.2, 0.25) is 0 Å². The van der Waals surface area contributed by atoms with Crippen molar-refractivity contribution in [1.29, 1.82) is 5.26 Å². The molecule has 7 nitrogen and oxygen atoms in total. The minimum Gasteiger partial charge on any atom is -0.411 e. The van der Waals surface area contributed by atoms with Crippen molar-refractivity contribution in [2.24, 2.45) is 11.7 Å². The molecule has 5 rings (SSSR count). The van der Waals surface area contributed by atoms with E-state index in [9.17, 15) is 10.1 Å². The lowest BCUT2D eigenvalue weighted by molar-refractivity contribution is 0.211. The second-order valence-corrected chi connectivity index (χ2v) is 8.58. The number of hydrogen-bond donors (Lipinski definition) is 2. The Morgan fingerprint density at radius 1 is 1.09 bits per heavy atom. The maximum atomic E-state index is 11.1. The molecule has 4 aromatic rings. The Morgan fingerprint density at radius 3 is 2.47 bits per heavy atom. The quantitative estimate of drug-likeness (QED) is 0.457. The Kier molecular flexibility index (Phi) is 5.98. The fraction of sp³-hybridized carbons (Fsp3) is 0.222. The van der Waals surface area contributed by atoms with Crippen molar-refractivity contribution in [2.75, 3.05) is 13.1 Å². The van der Waals surface area contributed by atoms with Gasteiger partial charge in [-0.25, -0.2) is 4.79 Å². The van der Waals surface area contributed by atoms with Crippen molar-refractivity contribution in [1.82, 2.24) is 14.9 Å². The Labute approximate surface area is 197 Å². The van der Waals surface area contributed by atoms with E-state index >= 15 is 0 Å². The standard InChI is InChI=1S/C27H25N5O2/c28-15-18-1-3-20(4-2-18)25-23-11-14-32(17-19-9-12-30-13-10-19)24(23)16-31-26(25)21-5-7-22(8-6-21)34-27(29)33/h1-8,11,14,16,19,30H,9-10,12-13,17H2,(H2,29,33). The lowest BCUT2D eigenvalue weighted by atomic mass is 9.95. The molecule has 3 heterocycles. The van der Waals surface area contributed by atoms with Gasteiger partial charge in [0.1, 0.15) is 5.75 Å². The van der Waals surface area contributed by atoms with E-state index in [-0.39, 0.29) is 0 Å². The van der Waals surface area contributed by atoms with Gasteiger partial charge < -0.3 is 20.4 Å². The summed E-state index contributed by atoms with van der Waals surface area (Å²) in [6.07, 6.45) is 5.59. The summed E-state index contributed by atoms with van der Waals surface area (Å²) < 4.78 is 7.28. The van der Waals surface area contributed by atoms with Crippen molar-refractivity contribution in [2.45, 2.75) is 19.4 Å². The molecule has 1 aliphatic heterocycles. The normalized spacial score (nSPS) is 14.1. The molecular weight excluding hydrogens is 426 g/mol. The van der Waals surface area contributed by atoms with E-state index < -0.39 is 6.09 Å². The molecule has 0 atom stereocenters. The first-order valence-electron chi connectivity index (χ1n) is 11.4. The van der Waals surface area contributed by atoms with Crippen LogP contribution in [-0.2, 0) is 6.54 Å². The smallest absolute Gasteiger partial charge is 0.409 e. The fourth-order valence-corrected chi connectivity index (χ4v) is 4.68. The highest BCUT2D eigenvalue weighted by Crippen LogP contribution is 2.38. The van der Waals surface area contributed by atoms with Gasteiger partial charge in [0.05, 0.1) is 29.0 Å². The zero-order valence-electron chi connectivity index (χ0n) is 18.7. The van der Waals surface area contributed by atoms with Crippen LogP contribution < -0.4 is 15.8 Å². The molecule has 1 fully saturated rings. The molecule has 0 bridgehead atoms. The molecule has 0 unspecified atom stereocenters. The zero-order valence-corrected chi connectivity index (χ0v) is 18.7. The molecule has 170 valence electrons. The first-order valence-corrected chi connectivity index (χ1v) is 11.4. The topological polar surface area (TPSA) is 106 Å². The summed E-state index contributed by atoms with van der Waals surface area (Å²) in [7, 11) is 0. The predicted octanol–water partition coefficient (Wildman–Crippen LogP) is 4.70. The van der Waals surface area contributed by atoms with Crippen LogP contribution in [0.15, 0.2) is 67.0 Å². The summed E-state index contributed by atoms with van der Waals surface area (Å²) in [4.78, 5) is 15.9. The van der Waals surface area contributed by atoms with Crippen molar-refractivity contribution in [3.8, 4) is 34.2 Å². The Morgan fingerprint density at radius 2 is 1.79 bits per heavy atom. The molecule has 0 spiro atoms. The third-order valence-electron chi connectivity index (χ3n) is 6.39. The number of benzene rings is 2. The highest BCUT2D eigenvalue weighted by molar-refractivity contribution is 6.01. The monoisotopic (exact) mass is 451 g/mol. The summed E-state index contributed by atoms with van der Waals surface area (Å²) in [5.41, 5.74) is 10.5. The average Bonchev–Trinajstić information content (AvgIpc) is 3.27. The van der Waals surface area contributed by atoms with Crippen LogP contribution in [0, 0.1) is 17.2 Å². The van der Waals surface area contributed by atoms with Crippen molar-refractivity contribution < 1.29 is 9.53 Å². The highest BCUT2D eigenvalue weighted by atomic mass is 16.5. The molecule has 0 saturated carbocycles. The molecular formula is C27H25N5O2. The zero-order chi connectivity index (χ0) is 23.5. The van der Waals surface area contributed by atoms with Gasteiger partial charge in [-0.05, 0) is 79.9 Å². The highest BCUT2D eigenvalue weighted by Gasteiger charge is 2.19. The maximum Gasteiger partial charge on any atom is 0.409 e. The second kappa shape index (κ2) is 9.38. The number of nitrogens with two attached hydrogens (primary N) is 1. The SMILES string of the molecule is N#Cc1ccc(-c2c(-c3ccc(OC(N)=O)cc3)ncc3c2ccn3CC2CCNCC2)cc1. The van der Waals surface area contributed by atoms with Crippen LogP contribution in [0.4, 0.5) is 4.79 Å². The Balaban J connectivity index is 1.61. The van der Waals surface area contributed by atoms with Gasteiger partial charge in [0, 0.05) is 29.3 Å². The number of pyridine rings is 1. The Hall–Kier alpha value is -4.15. The second-order valence-electron chi connectivity index (χ2n) is 8.58. The lowest BCUT2D eigenvalue weighted by Crippen LogP contribution is -2.29. The number of fused-ring (bicyclic) bond motifs is 1. The van der Waals surface area contributed by atoms with Gasteiger partial charge in [-0.15, -0.1) is 0 Å². The summed E-state index contributed by atoms with van der Waals surface area (Å²) in [6, 6.07) is 19.1. The largest absolute Gasteiger partial charge is 0.411 e. The van der Waals surface area contributed by atoms with Gasteiger partial charge in [0.15, 0.2) is 0 Å². The van der Waals surface area contributed by atoms with Gasteiger partial charge in [0.25, 0.3) is 0 Å². The molecule has 1 saturated heterocycles. The number of carbonyl (C=O) groups excluding carboxylic acids is 1. The minimum atomic E-state index is -0.847. The van der Waals surface area contributed by atoms with Crippen molar-refractivity contribution >= 4 is 17.0 Å². The molecule has 1 aliphatic rings. The molecule has 0 aliphatic carbocycles. The van der Waals surface area contributed by atoms with E-state index in [4.69, 9.17) is 15.5 Å². The predicted molar refractivity (Wildman–Crippen MR) is 131 cm³/mol. The van der Waals surface area contributed by atoms with Crippen LogP contribution in [0.2, 0.25) is 0 Å². The number of ether oxygens (including phenoxy) is 1. The van der Waals surface area contributed by atoms with E-state index in [0.29, 0.717) is 17.2 Å². The van der Waals surface area contributed by atoms with E-state index in [1.165, 1.54) is 12.8 Å². The van der Waals surface area contributed by atoms with Crippen LogP contribution >= 0.6 is 0 Å². The van der Waals surface area contributed by atoms with E-state index in [2.05, 4.69) is 28.2 Å². The third-order valence-corrected chi connectivity index (χ3v) is 6.39. The molecule has 3 N–H and O–H groups in total. The van der Waals surface area contributed by atoms with Crippen LogP contribution in [0.1, 0.15) is 18.4 Å². The third kappa shape index (κ3) is 4.36. The maximum absolute atomic E-state index is 11.1. The summed E-state index contributed by atoms with van der Waals surface area (Å²) in [5, 5.41) is 13.8. The van der Waals surface area contributed by atoms with Crippen molar-refractivity contribution in [3.63, 3.8) is 0 Å². The van der Waals surface area contributed by atoms with Crippen LogP contribution in [0.5, 0.6) is 5.75 Å². The Bertz CT molecular complexity index is 1360. The van der Waals surface area contributed by atoms with E-state index in [0.717, 1.165) is 52.9 Å². The minimum absolute atomic E-state index is 0.380. The van der Waals surface area contributed by atoms with Gasteiger partial charge in [-0.2, -0.15) is 5.26 Å². The summed E-state index contributed by atoms with van der Waals surface area (Å²) >= 11 is 0. The number of primary amides is 1. The fourth-order valence-electron chi connectivity index (χ4n) is 4.68. The van der Waals surface area contributed by atoms with Crippen LogP contribution in [0.25, 0.3) is 33.3 Å². The number of amides is 1. The van der Waals surface area contributed by atoms with E-state index in [1.54, 1.807) is 12.1 Å². The molecule has 2 aromatic carbocycles. The number of nitriles is 1. The summed E-state index contributed by atoms with van der Waals surface area (Å²) in [6.45, 7) is 3.11. The van der Waals surface area contributed by atoms with Gasteiger partial charge in [-0.3, -0.25) is 4.98 Å². The number of nitrogens with one attached hydrogen (secondary N) is 1. The first-order chi connectivity index (χ1) is 16.6. The number of hydrogen-bond acceptors (Lipinski definition) is 5. The van der Waals surface area contributed by atoms with Crippen LogP contribution in [0.3, 0.4) is 0 Å². The number of nitrogens with zero attached hydrogens (tertiary/aromatic N) is 3. The molecule has 1 amide bonds. The molecule has 34 heavy (non-hydrogen) atoms. The van der Waals surface area contributed by atoms with Gasteiger partial charge >= 0.3 is 6.09 Å². The molecule has 7 heteroatoms. The van der Waals surface area contributed by atoms with Crippen LogP contribution in [-0.4, -0.2) is 28.7 Å². The number of carbonyl (C=O) groups is 1. The first kappa shape index (κ1) is 21.7. The molecule has 0 radical (unpaired) electrons. The van der Waals surface area contributed by atoms with Crippen molar-refractivity contribution in [3.05, 3.63) is 72.6 Å². The van der Waals surface area contributed by atoms with E-state index in [1.807, 2.05) is 42.6 Å². The number of piperidine rings is 1. The number of aromatic nitrogens is 2. The van der Waals surface area contributed by atoms with Gasteiger partial charge in [-0.1, -0.05) is 12.1 Å². The summed E-state index contributed by atoms with van der Waals surface area (Å²) in [5.74, 6) is 1.03. The lowest BCUT2D eigenvalue weighted by Gasteiger charge is -2.23. The average molecular weight is 452 g/mol. The number of rotatable bonds is 5.